The van der Waals surface area contributed by atoms with Crippen molar-refractivity contribution < 1.29 is 13.2 Å². The zero-order chi connectivity index (χ0) is 23.6. The minimum absolute atomic E-state index is 0.0433. The summed E-state index contributed by atoms with van der Waals surface area (Å²) in [6, 6.07) is 17.7. The largest absolute Gasteiger partial charge is 0.338 e. The Morgan fingerprint density at radius 2 is 1.85 bits per heavy atom. The Morgan fingerprint density at radius 1 is 1.15 bits per heavy atom. The number of aryl methyl sites for hydroxylation is 1. The van der Waals surface area contributed by atoms with Crippen molar-refractivity contribution in [1.29, 1.82) is 0 Å². The molecule has 33 heavy (non-hydrogen) atoms. The summed E-state index contributed by atoms with van der Waals surface area (Å²) in [6.07, 6.45) is 0.497. The minimum atomic E-state index is -3.07. The van der Waals surface area contributed by atoms with E-state index in [0.717, 1.165) is 16.8 Å². The molecule has 0 bridgehead atoms. The number of hydrogen-bond donors (Lipinski definition) is 0. The number of amides is 1. The van der Waals surface area contributed by atoms with Gasteiger partial charge in [0.2, 0.25) is 5.91 Å². The second-order valence-electron chi connectivity index (χ2n) is 8.28. The Hall–Kier alpha value is -2.65. The molecule has 1 fully saturated rings. The molecule has 3 aromatic rings. The van der Waals surface area contributed by atoms with Crippen LogP contribution in [0.15, 0.2) is 59.8 Å². The predicted molar refractivity (Wildman–Crippen MR) is 131 cm³/mol. The topological polar surface area (TPSA) is 85.2 Å². The van der Waals surface area contributed by atoms with Gasteiger partial charge in [0, 0.05) is 23.8 Å². The van der Waals surface area contributed by atoms with Gasteiger partial charge >= 0.3 is 0 Å². The first-order chi connectivity index (χ1) is 15.8. The molecule has 1 aliphatic rings. The highest BCUT2D eigenvalue weighted by Gasteiger charge is 2.36. The van der Waals surface area contributed by atoms with E-state index < -0.39 is 15.1 Å². The molecule has 1 saturated heterocycles. The average Bonchev–Trinajstić information content (AvgIpc) is 3.38. The van der Waals surface area contributed by atoms with Crippen LogP contribution >= 0.6 is 11.8 Å². The molecule has 0 spiro atoms. The Kier molecular flexibility index (Phi) is 6.90. The number of aromatic nitrogens is 3. The number of hydrogen-bond acceptors (Lipinski definition) is 6. The highest BCUT2D eigenvalue weighted by molar-refractivity contribution is 8.00. The van der Waals surface area contributed by atoms with Gasteiger partial charge in [-0.15, -0.1) is 10.2 Å². The number of carbonyl (C=O) groups is 1. The minimum Gasteiger partial charge on any atom is -0.338 e. The van der Waals surface area contributed by atoms with Crippen molar-refractivity contribution in [3.05, 3.63) is 60.2 Å². The summed E-state index contributed by atoms with van der Waals surface area (Å²) in [4.78, 5) is 15.0. The zero-order valence-corrected chi connectivity index (χ0v) is 20.6. The van der Waals surface area contributed by atoms with Gasteiger partial charge in [-0.3, -0.25) is 9.36 Å². The SMILES string of the molecule is CCN(C(=O)C(C)Sc1nnc(-c2ccccc2)n1-c1ccc(C)cc1)C1CCS(=O)(=O)C1. The van der Waals surface area contributed by atoms with Crippen LogP contribution in [0.2, 0.25) is 0 Å². The van der Waals surface area contributed by atoms with Gasteiger partial charge in [0.25, 0.3) is 0 Å². The number of nitrogens with zero attached hydrogens (tertiary/aromatic N) is 4. The fraction of sp³-hybridized carbons (Fsp3) is 0.375. The molecule has 0 radical (unpaired) electrons. The van der Waals surface area contributed by atoms with E-state index in [4.69, 9.17) is 0 Å². The quantitative estimate of drug-likeness (QED) is 0.475. The van der Waals surface area contributed by atoms with E-state index in [2.05, 4.69) is 10.2 Å². The summed E-state index contributed by atoms with van der Waals surface area (Å²) in [7, 11) is -3.07. The maximum absolute atomic E-state index is 13.3. The van der Waals surface area contributed by atoms with Crippen molar-refractivity contribution in [2.45, 2.75) is 43.6 Å². The number of sulfone groups is 1. The molecule has 7 nitrogen and oxygen atoms in total. The van der Waals surface area contributed by atoms with Crippen LogP contribution < -0.4 is 0 Å². The van der Waals surface area contributed by atoms with E-state index in [1.165, 1.54) is 11.8 Å². The summed E-state index contributed by atoms with van der Waals surface area (Å²) in [5, 5.41) is 9.06. The molecule has 0 aliphatic carbocycles. The van der Waals surface area contributed by atoms with Gasteiger partial charge < -0.3 is 4.90 Å². The van der Waals surface area contributed by atoms with Gasteiger partial charge in [0.15, 0.2) is 20.8 Å². The van der Waals surface area contributed by atoms with Crippen molar-refractivity contribution in [2.75, 3.05) is 18.1 Å². The molecule has 1 aliphatic heterocycles. The third kappa shape index (κ3) is 5.14. The lowest BCUT2D eigenvalue weighted by Crippen LogP contribution is -2.44. The van der Waals surface area contributed by atoms with E-state index in [1.807, 2.05) is 79.9 Å². The van der Waals surface area contributed by atoms with Crippen molar-refractivity contribution in [1.82, 2.24) is 19.7 Å². The molecule has 174 valence electrons. The van der Waals surface area contributed by atoms with Crippen molar-refractivity contribution >= 4 is 27.5 Å². The molecule has 2 heterocycles. The summed E-state index contributed by atoms with van der Waals surface area (Å²) in [5.41, 5.74) is 3.00. The van der Waals surface area contributed by atoms with E-state index in [-0.39, 0.29) is 23.5 Å². The highest BCUT2D eigenvalue weighted by Crippen LogP contribution is 2.31. The molecule has 9 heteroatoms. The van der Waals surface area contributed by atoms with Crippen LogP contribution in [0.5, 0.6) is 0 Å². The van der Waals surface area contributed by atoms with Crippen LogP contribution in [0.1, 0.15) is 25.8 Å². The normalized spacial score (nSPS) is 18.2. The van der Waals surface area contributed by atoms with Gasteiger partial charge in [-0.1, -0.05) is 59.8 Å². The summed E-state index contributed by atoms with van der Waals surface area (Å²) in [6.45, 7) is 6.24. The lowest BCUT2D eigenvalue weighted by atomic mass is 10.2. The fourth-order valence-electron chi connectivity index (χ4n) is 4.10. The van der Waals surface area contributed by atoms with Crippen LogP contribution in [0.4, 0.5) is 0 Å². The number of carbonyl (C=O) groups excluding carboxylic acids is 1. The smallest absolute Gasteiger partial charge is 0.236 e. The second-order valence-corrected chi connectivity index (χ2v) is 11.8. The Balaban J connectivity index is 1.64. The molecule has 1 amide bonds. The maximum Gasteiger partial charge on any atom is 0.236 e. The molecular weight excluding hydrogens is 456 g/mol. The first kappa shape index (κ1) is 23.5. The summed E-state index contributed by atoms with van der Waals surface area (Å²) in [5.74, 6) is 0.812. The van der Waals surface area contributed by atoms with E-state index in [9.17, 15) is 13.2 Å². The lowest BCUT2D eigenvalue weighted by molar-refractivity contribution is -0.131. The Morgan fingerprint density at radius 3 is 2.45 bits per heavy atom. The molecule has 4 rings (SSSR count). The standard InChI is InChI=1S/C24H28N4O3S2/c1-4-27(21-14-15-33(30,31)16-21)23(29)18(3)32-24-26-25-22(19-8-6-5-7-9-19)28(24)20-12-10-17(2)11-13-20/h5-13,18,21H,4,14-16H2,1-3H3. The van der Waals surface area contributed by atoms with Crippen LogP contribution in [-0.4, -0.2) is 63.3 Å². The third-order valence-corrected chi connectivity index (χ3v) is 8.64. The van der Waals surface area contributed by atoms with Gasteiger partial charge in [-0.25, -0.2) is 8.42 Å². The van der Waals surface area contributed by atoms with E-state index in [0.29, 0.717) is 23.9 Å². The van der Waals surface area contributed by atoms with E-state index in [1.54, 1.807) is 4.90 Å². The van der Waals surface area contributed by atoms with Gasteiger partial charge in [0.05, 0.1) is 16.8 Å². The lowest BCUT2D eigenvalue weighted by Gasteiger charge is -2.29. The zero-order valence-electron chi connectivity index (χ0n) is 19.0. The Labute approximate surface area is 199 Å². The molecule has 2 unspecified atom stereocenters. The maximum atomic E-state index is 13.3. The molecule has 0 N–H and O–H groups in total. The third-order valence-electron chi connectivity index (χ3n) is 5.86. The average molecular weight is 485 g/mol. The van der Waals surface area contributed by atoms with E-state index >= 15 is 0 Å². The monoisotopic (exact) mass is 484 g/mol. The first-order valence-electron chi connectivity index (χ1n) is 11.0. The first-order valence-corrected chi connectivity index (χ1v) is 13.7. The van der Waals surface area contributed by atoms with Gasteiger partial charge in [0.1, 0.15) is 0 Å². The highest BCUT2D eigenvalue weighted by atomic mass is 32.2. The van der Waals surface area contributed by atoms with Crippen LogP contribution in [-0.2, 0) is 14.6 Å². The van der Waals surface area contributed by atoms with Crippen molar-refractivity contribution in [2.24, 2.45) is 0 Å². The Bertz CT molecular complexity index is 1220. The summed E-state index contributed by atoms with van der Waals surface area (Å²) < 4.78 is 25.9. The molecule has 0 saturated carbocycles. The molecule has 2 atom stereocenters. The van der Waals surface area contributed by atoms with Crippen LogP contribution in [0.3, 0.4) is 0 Å². The predicted octanol–water partition coefficient (Wildman–Crippen LogP) is 3.76. The van der Waals surface area contributed by atoms with Gasteiger partial charge in [-0.05, 0) is 39.3 Å². The number of thioether (sulfide) groups is 1. The van der Waals surface area contributed by atoms with Gasteiger partial charge in [-0.2, -0.15) is 0 Å². The second kappa shape index (κ2) is 9.69. The van der Waals surface area contributed by atoms with Crippen LogP contribution in [0, 0.1) is 6.92 Å². The summed E-state index contributed by atoms with van der Waals surface area (Å²) >= 11 is 1.34. The van der Waals surface area contributed by atoms with Crippen LogP contribution in [0.25, 0.3) is 17.1 Å². The number of rotatable bonds is 7. The number of benzene rings is 2. The van der Waals surface area contributed by atoms with Crippen molar-refractivity contribution in [3.63, 3.8) is 0 Å². The fourth-order valence-corrected chi connectivity index (χ4v) is 6.77. The molecule has 2 aromatic carbocycles. The molecular formula is C24H28N4O3S2. The van der Waals surface area contributed by atoms with Crippen molar-refractivity contribution in [3.8, 4) is 17.1 Å². The molecule has 1 aromatic heterocycles.